The maximum atomic E-state index is 13.0. The van der Waals surface area contributed by atoms with E-state index in [1.807, 2.05) is 0 Å². The van der Waals surface area contributed by atoms with Gasteiger partial charge in [-0.1, -0.05) is 24.3 Å². The highest BCUT2D eigenvalue weighted by molar-refractivity contribution is 7.92. The number of ether oxygens (including phenoxy) is 1. The van der Waals surface area contributed by atoms with Crippen molar-refractivity contribution < 1.29 is 33.3 Å². The summed E-state index contributed by atoms with van der Waals surface area (Å²) in [7, 11) is -2.56. The van der Waals surface area contributed by atoms with E-state index in [9.17, 15) is 28.5 Å². The van der Waals surface area contributed by atoms with Crippen molar-refractivity contribution in [3.05, 3.63) is 78.4 Å². The molecule has 0 spiro atoms. The molecule has 0 bridgehead atoms. The number of nitrogens with one attached hydrogen (secondary N) is 1. The summed E-state index contributed by atoms with van der Waals surface area (Å²) >= 11 is 0. The van der Waals surface area contributed by atoms with Gasteiger partial charge in [0.25, 0.3) is 15.9 Å². The van der Waals surface area contributed by atoms with Crippen molar-refractivity contribution in [1.29, 1.82) is 0 Å². The number of nitrogens with zero attached hydrogens (tertiary/aromatic N) is 2. The molecule has 4 aromatic rings. The summed E-state index contributed by atoms with van der Waals surface area (Å²) in [5.41, 5.74) is -0.293. The first kappa shape index (κ1) is 23.5. The lowest BCUT2D eigenvalue weighted by Gasteiger charge is -2.13. The first-order valence-electron chi connectivity index (χ1n) is 10.1. The van der Waals surface area contributed by atoms with Gasteiger partial charge in [-0.15, -0.1) is 10.2 Å². The Bertz CT molecular complexity index is 1570. The molecule has 1 amide bonds. The molecule has 0 atom stereocenters. The maximum Gasteiger partial charge on any atom is 0.299 e. The second-order valence-corrected chi connectivity index (χ2v) is 9.01. The van der Waals surface area contributed by atoms with Gasteiger partial charge in [-0.3, -0.25) is 9.52 Å². The van der Waals surface area contributed by atoms with Crippen LogP contribution in [0.25, 0.3) is 10.8 Å². The number of carbonyl (C=O) groups excluding carboxylic acids is 1. The third kappa shape index (κ3) is 4.84. The van der Waals surface area contributed by atoms with Crippen LogP contribution in [0.15, 0.2) is 87.9 Å². The molecule has 0 aliphatic rings. The molecule has 0 aromatic heterocycles. The van der Waals surface area contributed by atoms with E-state index >= 15 is 0 Å². The minimum atomic E-state index is -4.03. The molecule has 0 saturated heterocycles. The molecule has 0 radical (unpaired) electrons. The topological polar surface area (TPSA) is 158 Å². The lowest BCUT2D eigenvalue weighted by atomic mass is 10.1. The molecule has 4 rings (SSSR count). The highest BCUT2D eigenvalue weighted by atomic mass is 32.2. The largest absolute Gasteiger partial charge is 0.508 e. The third-order valence-electron chi connectivity index (χ3n) is 5.07. The second kappa shape index (κ2) is 9.31. The van der Waals surface area contributed by atoms with Gasteiger partial charge in [-0.2, -0.15) is 0 Å². The number of anilines is 1. The quantitative estimate of drug-likeness (QED) is 0.224. The van der Waals surface area contributed by atoms with Gasteiger partial charge in [0, 0.05) is 16.8 Å². The summed E-state index contributed by atoms with van der Waals surface area (Å²) in [4.78, 5) is 12.4. The molecule has 35 heavy (non-hydrogen) atoms. The number of aromatic hydroxyl groups is 3. The standard InChI is InChI=1S/C24H19N3O7S/c1-34-15-7-9-16(10-8-15)35(32,33)27-20-13-21(23(30)18-5-3-2-4-17(18)20)25-26-24(31)19-11-6-14(28)12-22(19)29/h2-13,27-30H,1H3. The molecule has 10 nitrogen and oxygen atoms in total. The fraction of sp³-hybridized carbons (Fsp3) is 0.0417. The first-order chi connectivity index (χ1) is 16.7. The Labute approximate surface area is 199 Å². The van der Waals surface area contributed by atoms with E-state index in [1.54, 1.807) is 24.3 Å². The Hall–Kier alpha value is -4.64. The number of hydrogen-bond donors (Lipinski definition) is 4. The summed E-state index contributed by atoms with van der Waals surface area (Å²) in [6, 6.07) is 16.8. The fourth-order valence-electron chi connectivity index (χ4n) is 3.32. The van der Waals surface area contributed by atoms with Crippen molar-refractivity contribution >= 4 is 38.1 Å². The number of fused-ring (bicyclic) bond motifs is 1. The van der Waals surface area contributed by atoms with Gasteiger partial charge in [-0.25, -0.2) is 8.42 Å². The SMILES string of the molecule is COc1ccc(S(=O)(=O)Nc2cc(N=NC(=O)c3ccc(O)cc3O)c(O)c3ccccc23)cc1. The molecule has 0 heterocycles. The molecule has 11 heteroatoms. The number of benzene rings is 4. The van der Waals surface area contributed by atoms with Crippen LogP contribution in [-0.4, -0.2) is 36.8 Å². The minimum Gasteiger partial charge on any atom is -0.508 e. The predicted octanol–water partition coefficient (Wildman–Crippen LogP) is 4.69. The highest BCUT2D eigenvalue weighted by Crippen LogP contribution is 2.40. The second-order valence-electron chi connectivity index (χ2n) is 7.33. The van der Waals surface area contributed by atoms with Gasteiger partial charge in [0.1, 0.15) is 22.9 Å². The van der Waals surface area contributed by atoms with Crippen molar-refractivity contribution in [2.24, 2.45) is 10.2 Å². The number of phenols is 3. The summed E-state index contributed by atoms with van der Waals surface area (Å²) in [5.74, 6) is -1.50. The zero-order chi connectivity index (χ0) is 25.2. The Kier molecular flexibility index (Phi) is 6.26. The molecule has 0 aliphatic carbocycles. The number of amides is 1. The maximum absolute atomic E-state index is 13.0. The summed E-state index contributed by atoms with van der Waals surface area (Å²) < 4.78 is 33.5. The third-order valence-corrected chi connectivity index (χ3v) is 6.45. The van der Waals surface area contributed by atoms with Crippen LogP contribution in [0.1, 0.15) is 10.4 Å². The average Bonchev–Trinajstić information content (AvgIpc) is 2.84. The van der Waals surface area contributed by atoms with Gasteiger partial charge >= 0.3 is 0 Å². The van der Waals surface area contributed by atoms with Gasteiger partial charge in [0.05, 0.1) is 23.3 Å². The predicted molar refractivity (Wildman–Crippen MR) is 128 cm³/mol. The molecule has 0 unspecified atom stereocenters. The van der Waals surface area contributed by atoms with E-state index in [-0.39, 0.29) is 38.7 Å². The lowest BCUT2D eigenvalue weighted by molar-refractivity contribution is 0.0992. The van der Waals surface area contributed by atoms with E-state index in [4.69, 9.17) is 4.74 Å². The van der Waals surface area contributed by atoms with E-state index in [2.05, 4.69) is 15.0 Å². The lowest BCUT2D eigenvalue weighted by Crippen LogP contribution is -2.13. The fourth-order valence-corrected chi connectivity index (χ4v) is 4.39. The van der Waals surface area contributed by atoms with Gasteiger partial charge in [0.15, 0.2) is 5.75 Å². The number of phenolic OH excluding ortho intramolecular Hbond substituents is 3. The van der Waals surface area contributed by atoms with Crippen molar-refractivity contribution in [1.82, 2.24) is 0 Å². The van der Waals surface area contributed by atoms with E-state index in [0.29, 0.717) is 11.1 Å². The number of hydrogen-bond acceptors (Lipinski definition) is 8. The number of azo groups is 1. The van der Waals surface area contributed by atoms with Crippen LogP contribution in [0.4, 0.5) is 11.4 Å². The first-order valence-corrected chi connectivity index (χ1v) is 11.6. The number of rotatable bonds is 6. The van der Waals surface area contributed by atoms with Crippen LogP contribution in [0.5, 0.6) is 23.0 Å². The molecule has 0 aliphatic heterocycles. The Morgan fingerprint density at radius 3 is 2.26 bits per heavy atom. The highest BCUT2D eigenvalue weighted by Gasteiger charge is 2.19. The van der Waals surface area contributed by atoms with E-state index < -0.39 is 21.7 Å². The van der Waals surface area contributed by atoms with Crippen LogP contribution < -0.4 is 9.46 Å². The minimum absolute atomic E-state index is 0.0170. The van der Waals surface area contributed by atoms with Crippen molar-refractivity contribution in [2.45, 2.75) is 4.90 Å². The Morgan fingerprint density at radius 1 is 0.914 bits per heavy atom. The van der Waals surface area contributed by atoms with Crippen LogP contribution in [-0.2, 0) is 10.0 Å². The smallest absolute Gasteiger partial charge is 0.299 e. The normalized spacial score (nSPS) is 11.6. The van der Waals surface area contributed by atoms with Crippen molar-refractivity contribution in [3.63, 3.8) is 0 Å². The van der Waals surface area contributed by atoms with E-state index in [1.165, 1.54) is 49.6 Å². The molecule has 178 valence electrons. The van der Waals surface area contributed by atoms with Gasteiger partial charge in [-0.05, 0) is 42.5 Å². The zero-order valence-electron chi connectivity index (χ0n) is 18.2. The van der Waals surface area contributed by atoms with E-state index in [0.717, 1.165) is 6.07 Å². The molecule has 4 N–H and O–H groups in total. The Morgan fingerprint density at radius 2 is 1.60 bits per heavy atom. The molecular formula is C24H19N3O7S. The molecule has 4 aromatic carbocycles. The van der Waals surface area contributed by atoms with Crippen LogP contribution in [0.2, 0.25) is 0 Å². The van der Waals surface area contributed by atoms with Crippen molar-refractivity contribution in [3.8, 4) is 23.0 Å². The molecular weight excluding hydrogens is 474 g/mol. The molecule has 0 fully saturated rings. The monoisotopic (exact) mass is 493 g/mol. The van der Waals surface area contributed by atoms with Crippen LogP contribution in [0, 0.1) is 0 Å². The van der Waals surface area contributed by atoms with Gasteiger partial charge < -0.3 is 20.1 Å². The van der Waals surface area contributed by atoms with Crippen LogP contribution in [0.3, 0.4) is 0 Å². The summed E-state index contributed by atoms with van der Waals surface area (Å²) in [5, 5.41) is 37.9. The van der Waals surface area contributed by atoms with Gasteiger partial charge in [0.2, 0.25) is 0 Å². The average molecular weight is 493 g/mol. The summed E-state index contributed by atoms with van der Waals surface area (Å²) in [6.45, 7) is 0. The summed E-state index contributed by atoms with van der Waals surface area (Å²) in [6.07, 6.45) is 0. The number of carbonyl (C=O) groups is 1. The Balaban J connectivity index is 1.74. The van der Waals surface area contributed by atoms with Crippen molar-refractivity contribution in [2.75, 3.05) is 11.8 Å². The molecule has 0 saturated carbocycles. The number of methoxy groups -OCH3 is 1. The van der Waals surface area contributed by atoms with Crippen LogP contribution >= 0.6 is 0 Å². The number of sulfonamides is 1. The zero-order valence-corrected chi connectivity index (χ0v) is 19.0.